The average molecular weight is 375 g/mol. The molecule has 0 aliphatic heterocycles. The van der Waals surface area contributed by atoms with E-state index in [1.807, 2.05) is 48.5 Å². The van der Waals surface area contributed by atoms with Gasteiger partial charge in [0.15, 0.2) is 0 Å². The summed E-state index contributed by atoms with van der Waals surface area (Å²) in [5.41, 5.74) is 2.37. The molecule has 0 aliphatic carbocycles. The minimum Gasteiger partial charge on any atom is -0.341 e. The Balaban J connectivity index is 1.72. The maximum atomic E-state index is 12.5. The molecule has 1 aromatic heterocycles. The fourth-order valence-electron chi connectivity index (χ4n) is 3.11. The number of fused-ring (bicyclic) bond motifs is 1. The lowest BCUT2D eigenvalue weighted by molar-refractivity contribution is -0.136. The van der Waals surface area contributed by atoms with Crippen LogP contribution in [0.5, 0.6) is 0 Å². The van der Waals surface area contributed by atoms with Gasteiger partial charge in [-0.1, -0.05) is 57.2 Å². The van der Waals surface area contributed by atoms with Crippen molar-refractivity contribution in [2.24, 2.45) is 5.41 Å². The Morgan fingerprint density at radius 3 is 2.43 bits per heavy atom. The minimum atomic E-state index is -0.682. The van der Waals surface area contributed by atoms with E-state index in [-0.39, 0.29) is 11.5 Å². The van der Waals surface area contributed by atoms with Crippen molar-refractivity contribution >= 4 is 28.4 Å². The van der Waals surface area contributed by atoms with E-state index in [0.29, 0.717) is 5.69 Å². The number of aromatic nitrogens is 1. The molecular weight excluding hydrogens is 350 g/mol. The molecule has 0 saturated carbocycles. The van der Waals surface area contributed by atoms with Crippen molar-refractivity contribution in [3.63, 3.8) is 0 Å². The third-order valence-electron chi connectivity index (χ3n) is 4.39. The zero-order valence-electron chi connectivity index (χ0n) is 16.4. The number of hydrogen-bond acceptors (Lipinski definition) is 3. The number of hydrogen-bond donors (Lipinski definition) is 2. The molecule has 2 aromatic carbocycles. The summed E-state index contributed by atoms with van der Waals surface area (Å²) >= 11 is 0. The zero-order chi connectivity index (χ0) is 20.1. The van der Waals surface area contributed by atoms with Gasteiger partial charge >= 0.3 is 11.8 Å². The van der Waals surface area contributed by atoms with E-state index < -0.39 is 11.8 Å². The second kappa shape index (κ2) is 8.21. The molecule has 0 bridgehead atoms. The van der Waals surface area contributed by atoms with Gasteiger partial charge in [-0.25, -0.2) is 0 Å². The minimum absolute atomic E-state index is 0.00436. The molecule has 2 N–H and O–H groups in total. The normalized spacial score (nSPS) is 12.4. The maximum absolute atomic E-state index is 12.5. The molecule has 144 valence electrons. The van der Waals surface area contributed by atoms with Gasteiger partial charge in [-0.15, -0.1) is 0 Å². The Bertz CT molecular complexity index is 978. The van der Waals surface area contributed by atoms with E-state index in [2.05, 4.69) is 36.4 Å². The van der Waals surface area contributed by atoms with E-state index in [1.165, 1.54) is 0 Å². The number of nitrogens with zero attached hydrogens (tertiary/aromatic N) is 1. The van der Waals surface area contributed by atoms with Gasteiger partial charge in [-0.3, -0.25) is 14.6 Å². The summed E-state index contributed by atoms with van der Waals surface area (Å²) < 4.78 is 0. The molecule has 5 nitrogen and oxygen atoms in total. The van der Waals surface area contributed by atoms with Crippen LogP contribution in [-0.4, -0.2) is 16.8 Å². The van der Waals surface area contributed by atoms with E-state index >= 15 is 0 Å². The summed E-state index contributed by atoms with van der Waals surface area (Å²) in [6.45, 7) is 6.33. The molecule has 5 heteroatoms. The quantitative estimate of drug-likeness (QED) is 0.661. The van der Waals surface area contributed by atoms with Crippen LogP contribution in [0.1, 0.15) is 38.8 Å². The molecule has 0 fully saturated rings. The topological polar surface area (TPSA) is 71.1 Å². The molecule has 0 unspecified atom stereocenters. The number of nitrogens with one attached hydrogen (secondary N) is 2. The molecule has 0 radical (unpaired) electrons. The summed E-state index contributed by atoms with van der Waals surface area (Å²) in [7, 11) is 0. The average Bonchev–Trinajstić information content (AvgIpc) is 2.67. The van der Waals surface area contributed by atoms with Crippen molar-refractivity contribution in [3.8, 4) is 0 Å². The Hall–Kier alpha value is -3.21. The first kappa shape index (κ1) is 19.5. The number of carbonyl (C=O) groups excluding carboxylic acids is 2. The van der Waals surface area contributed by atoms with Crippen LogP contribution in [0, 0.1) is 5.41 Å². The third-order valence-corrected chi connectivity index (χ3v) is 4.39. The summed E-state index contributed by atoms with van der Waals surface area (Å²) in [5, 5.41) is 6.46. The van der Waals surface area contributed by atoms with Crippen molar-refractivity contribution in [2.45, 2.75) is 33.2 Å². The van der Waals surface area contributed by atoms with Crippen LogP contribution in [-0.2, 0) is 9.59 Å². The van der Waals surface area contributed by atoms with Gasteiger partial charge in [0.25, 0.3) is 0 Å². The standard InChI is InChI=1S/C23H25N3O2/c1-23(2,3)15-20(16-8-5-4-6-9-16)26-22(28)21(27)25-18-11-12-19-17(14-18)10-7-13-24-19/h4-14,20H,15H2,1-3H3,(H,25,27)(H,26,28)/t20-/m1/s1. The lowest BCUT2D eigenvalue weighted by Crippen LogP contribution is -2.39. The highest BCUT2D eigenvalue weighted by Crippen LogP contribution is 2.29. The van der Waals surface area contributed by atoms with Gasteiger partial charge in [0.1, 0.15) is 0 Å². The van der Waals surface area contributed by atoms with Crippen LogP contribution in [0.15, 0.2) is 66.9 Å². The highest BCUT2D eigenvalue weighted by molar-refractivity contribution is 6.39. The maximum Gasteiger partial charge on any atom is 0.313 e. The fourth-order valence-corrected chi connectivity index (χ4v) is 3.11. The molecule has 2 amide bonds. The van der Waals surface area contributed by atoms with Gasteiger partial charge < -0.3 is 10.6 Å². The number of pyridine rings is 1. The third kappa shape index (κ3) is 5.16. The predicted molar refractivity (Wildman–Crippen MR) is 112 cm³/mol. The van der Waals surface area contributed by atoms with E-state index in [0.717, 1.165) is 22.9 Å². The van der Waals surface area contributed by atoms with E-state index in [4.69, 9.17) is 0 Å². The fraction of sp³-hybridized carbons (Fsp3) is 0.261. The Morgan fingerprint density at radius 1 is 0.964 bits per heavy atom. The number of anilines is 1. The van der Waals surface area contributed by atoms with Crippen LogP contribution in [0.4, 0.5) is 5.69 Å². The van der Waals surface area contributed by atoms with E-state index in [1.54, 1.807) is 18.3 Å². The SMILES string of the molecule is CC(C)(C)C[C@@H](NC(=O)C(=O)Nc1ccc2ncccc2c1)c1ccccc1. The lowest BCUT2D eigenvalue weighted by atomic mass is 9.85. The summed E-state index contributed by atoms with van der Waals surface area (Å²) in [5.74, 6) is -1.33. The number of benzene rings is 2. The Labute approximate surface area is 165 Å². The summed E-state index contributed by atoms with van der Waals surface area (Å²) in [6.07, 6.45) is 2.44. The molecule has 0 aliphatic rings. The van der Waals surface area contributed by atoms with Crippen molar-refractivity contribution in [1.82, 2.24) is 10.3 Å². The second-order valence-corrected chi connectivity index (χ2v) is 8.07. The lowest BCUT2D eigenvalue weighted by Gasteiger charge is -2.27. The first-order valence-corrected chi connectivity index (χ1v) is 9.33. The van der Waals surface area contributed by atoms with Gasteiger partial charge in [0.2, 0.25) is 0 Å². The monoisotopic (exact) mass is 375 g/mol. The molecule has 0 saturated heterocycles. The largest absolute Gasteiger partial charge is 0.341 e. The first-order chi connectivity index (χ1) is 13.3. The second-order valence-electron chi connectivity index (χ2n) is 8.07. The van der Waals surface area contributed by atoms with Gasteiger partial charge in [-0.05, 0) is 41.7 Å². The van der Waals surface area contributed by atoms with Crippen molar-refractivity contribution in [3.05, 3.63) is 72.4 Å². The summed E-state index contributed by atoms with van der Waals surface area (Å²) in [6, 6.07) is 18.6. The molecule has 1 heterocycles. The molecule has 1 atom stereocenters. The summed E-state index contributed by atoms with van der Waals surface area (Å²) in [4.78, 5) is 29.2. The highest BCUT2D eigenvalue weighted by Gasteiger charge is 2.24. The molecular formula is C23H25N3O2. The molecule has 0 spiro atoms. The van der Waals surface area contributed by atoms with Crippen LogP contribution in [0.3, 0.4) is 0 Å². The van der Waals surface area contributed by atoms with Gasteiger partial charge in [0.05, 0.1) is 11.6 Å². The first-order valence-electron chi connectivity index (χ1n) is 9.33. The van der Waals surface area contributed by atoms with Gasteiger partial charge in [-0.2, -0.15) is 0 Å². The van der Waals surface area contributed by atoms with Crippen LogP contribution in [0.25, 0.3) is 10.9 Å². The van der Waals surface area contributed by atoms with Crippen LogP contribution < -0.4 is 10.6 Å². The predicted octanol–water partition coefficient (Wildman–Crippen LogP) is 4.47. The number of amides is 2. The van der Waals surface area contributed by atoms with Crippen LogP contribution in [0.2, 0.25) is 0 Å². The van der Waals surface area contributed by atoms with E-state index in [9.17, 15) is 9.59 Å². The number of rotatable bonds is 4. The Morgan fingerprint density at radius 2 is 1.71 bits per heavy atom. The van der Waals surface area contributed by atoms with Crippen molar-refractivity contribution in [2.75, 3.05) is 5.32 Å². The zero-order valence-corrected chi connectivity index (χ0v) is 16.4. The molecule has 3 rings (SSSR count). The smallest absolute Gasteiger partial charge is 0.313 e. The van der Waals surface area contributed by atoms with Crippen molar-refractivity contribution < 1.29 is 9.59 Å². The number of carbonyl (C=O) groups is 2. The molecule has 28 heavy (non-hydrogen) atoms. The highest BCUT2D eigenvalue weighted by atomic mass is 16.2. The van der Waals surface area contributed by atoms with Gasteiger partial charge in [0, 0.05) is 17.3 Å². The van der Waals surface area contributed by atoms with Crippen LogP contribution >= 0.6 is 0 Å². The molecule has 3 aromatic rings. The van der Waals surface area contributed by atoms with Crippen molar-refractivity contribution in [1.29, 1.82) is 0 Å². The Kier molecular flexibility index (Phi) is 5.73.